The van der Waals surface area contributed by atoms with Crippen LogP contribution in [0.15, 0.2) is 0 Å². The van der Waals surface area contributed by atoms with Crippen molar-refractivity contribution in [3.8, 4) is 0 Å². The lowest BCUT2D eigenvalue weighted by Gasteiger charge is -2.36. The van der Waals surface area contributed by atoms with Crippen LogP contribution in [-0.2, 0) is 8.85 Å². The van der Waals surface area contributed by atoms with Gasteiger partial charge in [0, 0.05) is 12.2 Å². The van der Waals surface area contributed by atoms with Crippen molar-refractivity contribution in [3.63, 3.8) is 0 Å². The van der Waals surface area contributed by atoms with Gasteiger partial charge in [0.1, 0.15) is 0 Å². The Labute approximate surface area is 178 Å². The lowest BCUT2D eigenvalue weighted by atomic mass is 10.0. The minimum absolute atomic E-state index is 0.379. The maximum atomic E-state index is 6.38. The molecular weight excluding hydrogens is 360 g/mol. The van der Waals surface area contributed by atoms with Crippen molar-refractivity contribution in [3.05, 3.63) is 0 Å². The minimum atomic E-state index is -1.87. The summed E-state index contributed by atoms with van der Waals surface area (Å²) in [5, 5.41) is 0. The minimum Gasteiger partial charge on any atom is -0.392 e. The van der Waals surface area contributed by atoms with Gasteiger partial charge < -0.3 is 8.85 Å². The Morgan fingerprint density at radius 2 is 1.29 bits per heavy atom. The third kappa shape index (κ3) is 14.2. The van der Waals surface area contributed by atoms with Crippen LogP contribution in [0.5, 0.6) is 0 Å². The first-order chi connectivity index (χ1) is 13.6. The molecule has 1 aliphatic heterocycles. The summed E-state index contributed by atoms with van der Waals surface area (Å²) in [5.74, 6) is 0. The zero-order chi connectivity index (χ0) is 20.5. The summed E-state index contributed by atoms with van der Waals surface area (Å²) < 4.78 is 12.6. The highest BCUT2D eigenvalue weighted by molar-refractivity contribution is 6.66. The lowest BCUT2D eigenvalue weighted by Crippen LogP contribution is -2.46. The topological polar surface area (TPSA) is 18.5 Å². The molecule has 1 fully saturated rings. The summed E-state index contributed by atoms with van der Waals surface area (Å²) in [6.45, 7) is 9.02. The van der Waals surface area contributed by atoms with E-state index >= 15 is 0 Å². The van der Waals surface area contributed by atoms with E-state index in [1.54, 1.807) is 0 Å². The predicted octanol–water partition coefficient (Wildman–Crippen LogP) is 8.92. The summed E-state index contributed by atoms with van der Waals surface area (Å²) in [4.78, 5) is 0. The average molecular weight is 413 g/mol. The molecule has 0 saturated carbocycles. The molecule has 0 spiro atoms. The van der Waals surface area contributed by atoms with Gasteiger partial charge in [0.2, 0.25) is 0 Å². The Balaban J connectivity index is 1.82. The molecule has 0 aliphatic carbocycles. The van der Waals surface area contributed by atoms with E-state index in [-0.39, 0.29) is 0 Å². The van der Waals surface area contributed by atoms with Crippen LogP contribution in [0, 0.1) is 0 Å². The molecule has 2 nitrogen and oxygen atoms in total. The molecule has 1 rings (SSSR count). The van der Waals surface area contributed by atoms with Crippen LogP contribution < -0.4 is 0 Å². The summed E-state index contributed by atoms with van der Waals surface area (Å²) in [6.07, 6.45) is 26.0. The molecule has 168 valence electrons. The monoisotopic (exact) mass is 412 g/mol. The van der Waals surface area contributed by atoms with Crippen LogP contribution in [0.4, 0.5) is 0 Å². The molecule has 28 heavy (non-hydrogen) atoms. The molecule has 0 amide bonds. The highest BCUT2D eigenvalue weighted by atomic mass is 28.4. The molecule has 1 aliphatic rings. The van der Waals surface area contributed by atoms with Gasteiger partial charge in [-0.2, -0.15) is 0 Å². The molecule has 1 saturated heterocycles. The molecule has 0 aromatic rings. The maximum absolute atomic E-state index is 6.38. The normalized spacial score (nSPS) is 23.8. The molecule has 3 atom stereocenters. The standard InChI is InChI=1S/C25H52O2Si/c1-5-6-7-8-9-10-11-12-13-14-15-16-17-18-19-21-24(2)26-28(4)23-20-22-25(3)27-28/h24-25H,5-23H2,1-4H3. The number of unbranched alkanes of at least 4 members (excludes halogenated alkanes) is 14. The largest absolute Gasteiger partial charge is 0.392 e. The Bertz CT molecular complexity index is 349. The van der Waals surface area contributed by atoms with Gasteiger partial charge in [-0.15, -0.1) is 0 Å². The van der Waals surface area contributed by atoms with Crippen LogP contribution >= 0.6 is 0 Å². The van der Waals surface area contributed by atoms with E-state index in [0.717, 1.165) is 0 Å². The van der Waals surface area contributed by atoms with Crippen molar-refractivity contribution >= 4 is 8.56 Å². The Morgan fingerprint density at radius 1 is 0.821 bits per heavy atom. The summed E-state index contributed by atoms with van der Waals surface area (Å²) >= 11 is 0. The van der Waals surface area contributed by atoms with E-state index in [1.165, 1.54) is 122 Å². The van der Waals surface area contributed by atoms with E-state index in [9.17, 15) is 0 Å². The number of hydrogen-bond donors (Lipinski definition) is 0. The van der Waals surface area contributed by atoms with Gasteiger partial charge in [0.15, 0.2) is 0 Å². The number of hydrogen-bond acceptors (Lipinski definition) is 2. The van der Waals surface area contributed by atoms with E-state index in [0.29, 0.717) is 12.2 Å². The molecule has 0 aromatic carbocycles. The smallest absolute Gasteiger partial charge is 0.335 e. The van der Waals surface area contributed by atoms with Crippen molar-refractivity contribution in [2.75, 3.05) is 0 Å². The third-order valence-corrected chi connectivity index (χ3v) is 9.42. The SMILES string of the molecule is CCCCCCCCCCCCCCCCCC(C)O[Si]1(C)CCCC(C)O1. The van der Waals surface area contributed by atoms with Gasteiger partial charge in [0.25, 0.3) is 0 Å². The lowest BCUT2D eigenvalue weighted by molar-refractivity contribution is 0.0714. The van der Waals surface area contributed by atoms with Crippen molar-refractivity contribution in [2.24, 2.45) is 0 Å². The highest BCUT2D eigenvalue weighted by Crippen LogP contribution is 2.28. The van der Waals surface area contributed by atoms with Gasteiger partial charge in [-0.25, -0.2) is 0 Å². The van der Waals surface area contributed by atoms with E-state index in [4.69, 9.17) is 8.85 Å². The molecule has 3 unspecified atom stereocenters. The maximum Gasteiger partial charge on any atom is 0.335 e. The van der Waals surface area contributed by atoms with Crippen LogP contribution in [0.2, 0.25) is 12.6 Å². The van der Waals surface area contributed by atoms with E-state index in [1.807, 2.05) is 0 Å². The van der Waals surface area contributed by atoms with E-state index in [2.05, 4.69) is 27.3 Å². The predicted molar refractivity (Wildman–Crippen MR) is 126 cm³/mol. The molecular formula is C25H52O2Si. The highest BCUT2D eigenvalue weighted by Gasteiger charge is 2.37. The Morgan fingerprint density at radius 3 is 1.75 bits per heavy atom. The summed E-state index contributed by atoms with van der Waals surface area (Å²) in [7, 11) is -1.87. The van der Waals surface area contributed by atoms with Gasteiger partial charge >= 0.3 is 8.56 Å². The fourth-order valence-corrected chi connectivity index (χ4v) is 7.70. The first-order valence-corrected chi connectivity index (χ1v) is 15.4. The molecule has 0 radical (unpaired) electrons. The van der Waals surface area contributed by atoms with Crippen LogP contribution in [0.3, 0.4) is 0 Å². The van der Waals surface area contributed by atoms with Gasteiger partial charge in [-0.3, -0.25) is 0 Å². The van der Waals surface area contributed by atoms with Gasteiger partial charge in [-0.05, 0) is 45.7 Å². The summed E-state index contributed by atoms with van der Waals surface area (Å²) in [5.41, 5.74) is 0. The first kappa shape index (κ1) is 26.2. The van der Waals surface area contributed by atoms with Crippen LogP contribution in [0.1, 0.15) is 136 Å². The second kappa shape index (κ2) is 16.9. The van der Waals surface area contributed by atoms with Crippen molar-refractivity contribution in [2.45, 2.75) is 161 Å². The fraction of sp³-hybridized carbons (Fsp3) is 1.00. The third-order valence-electron chi connectivity index (χ3n) is 6.36. The first-order valence-electron chi connectivity index (χ1n) is 12.9. The number of rotatable bonds is 18. The van der Waals surface area contributed by atoms with Crippen molar-refractivity contribution in [1.29, 1.82) is 0 Å². The second-order valence-electron chi connectivity index (χ2n) is 9.62. The quantitative estimate of drug-likeness (QED) is 0.165. The van der Waals surface area contributed by atoms with Gasteiger partial charge in [0.05, 0.1) is 0 Å². The second-order valence-corrected chi connectivity index (χ2v) is 12.9. The molecule has 3 heteroatoms. The van der Waals surface area contributed by atoms with Gasteiger partial charge in [-0.1, -0.05) is 103 Å². The molecule has 0 bridgehead atoms. The Hall–Kier alpha value is 0.137. The molecule has 0 N–H and O–H groups in total. The average Bonchev–Trinajstić information content (AvgIpc) is 2.64. The fourth-order valence-electron chi connectivity index (χ4n) is 4.63. The zero-order valence-electron chi connectivity index (χ0n) is 19.9. The van der Waals surface area contributed by atoms with Crippen LogP contribution in [-0.4, -0.2) is 20.8 Å². The van der Waals surface area contributed by atoms with Crippen molar-refractivity contribution in [1.82, 2.24) is 0 Å². The Kier molecular flexibility index (Phi) is 15.8. The summed E-state index contributed by atoms with van der Waals surface area (Å²) in [6, 6.07) is 1.18. The van der Waals surface area contributed by atoms with Crippen molar-refractivity contribution < 1.29 is 8.85 Å². The molecule has 1 heterocycles. The zero-order valence-corrected chi connectivity index (χ0v) is 20.9. The van der Waals surface area contributed by atoms with E-state index < -0.39 is 8.56 Å². The molecule has 0 aromatic heterocycles. The van der Waals surface area contributed by atoms with Crippen LogP contribution in [0.25, 0.3) is 0 Å².